The minimum Gasteiger partial charge on any atom is -0.383 e. The van der Waals surface area contributed by atoms with Crippen LogP contribution in [0.4, 0.5) is 11.4 Å². The number of nitro benzene ring substituents is 1. The van der Waals surface area contributed by atoms with Gasteiger partial charge < -0.3 is 15.4 Å². The van der Waals surface area contributed by atoms with Crippen molar-refractivity contribution in [3.63, 3.8) is 0 Å². The number of rotatable bonds is 7. The van der Waals surface area contributed by atoms with Gasteiger partial charge in [-0.1, -0.05) is 0 Å². The number of carbonyl (C=O) groups is 1. The molecule has 1 aromatic carbocycles. The van der Waals surface area contributed by atoms with Crippen LogP contribution in [0.25, 0.3) is 0 Å². The maximum absolute atomic E-state index is 11.7. The summed E-state index contributed by atoms with van der Waals surface area (Å²) in [5.41, 5.74) is 0.845. The normalized spacial score (nSPS) is 15.3. The summed E-state index contributed by atoms with van der Waals surface area (Å²) in [6.45, 7) is 4.38. The zero-order valence-corrected chi connectivity index (χ0v) is 12.3. The monoisotopic (exact) mass is 308 g/mol. The Kier molecular flexibility index (Phi) is 6.11. The van der Waals surface area contributed by atoms with Crippen LogP contribution in [0.1, 0.15) is 0 Å². The van der Waals surface area contributed by atoms with Gasteiger partial charge in [-0.3, -0.25) is 19.8 Å². The lowest BCUT2D eigenvalue weighted by Crippen LogP contribution is -2.43. The van der Waals surface area contributed by atoms with E-state index in [4.69, 9.17) is 4.74 Å². The van der Waals surface area contributed by atoms with E-state index in [0.717, 1.165) is 18.8 Å². The molecule has 1 aliphatic rings. The summed E-state index contributed by atoms with van der Waals surface area (Å²) >= 11 is 0. The summed E-state index contributed by atoms with van der Waals surface area (Å²) in [5.74, 6) is -0.00704. The molecule has 1 fully saturated rings. The Hall–Kier alpha value is -2.19. The Morgan fingerprint density at radius 2 is 1.91 bits per heavy atom. The number of carbonyl (C=O) groups excluding carboxylic acids is 1. The predicted octanol–water partition coefficient (Wildman–Crippen LogP) is 0.455. The van der Waals surface area contributed by atoms with E-state index in [0.29, 0.717) is 32.8 Å². The molecule has 2 rings (SSSR count). The van der Waals surface area contributed by atoms with E-state index in [1.807, 2.05) is 0 Å². The molecule has 2 N–H and O–H groups in total. The molecule has 1 heterocycles. The van der Waals surface area contributed by atoms with Crippen molar-refractivity contribution in [1.82, 2.24) is 10.2 Å². The number of hydrogen-bond donors (Lipinski definition) is 2. The van der Waals surface area contributed by atoms with Crippen molar-refractivity contribution in [1.29, 1.82) is 0 Å². The molecule has 8 nitrogen and oxygen atoms in total. The first-order chi connectivity index (χ1) is 10.6. The highest BCUT2D eigenvalue weighted by molar-refractivity contribution is 5.78. The van der Waals surface area contributed by atoms with Crippen LogP contribution in [-0.2, 0) is 9.53 Å². The highest BCUT2D eigenvalue weighted by Crippen LogP contribution is 2.14. The smallest absolute Gasteiger partial charge is 0.269 e. The van der Waals surface area contributed by atoms with Gasteiger partial charge in [-0.2, -0.15) is 0 Å². The van der Waals surface area contributed by atoms with Crippen LogP contribution in [0.5, 0.6) is 0 Å². The minimum absolute atomic E-state index is 0.00704. The average Bonchev–Trinajstić information content (AvgIpc) is 2.53. The van der Waals surface area contributed by atoms with Crippen LogP contribution in [0.2, 0.25) is 0 Å². The van der Waals surface area contributed by atoms with Crippen LogP contribution in [0.3, 0.4) is 0 Å². The number of nitrogens with zero attached hydrogens (tertiary/aromatic N) is 2. The van der Waals surface area contributed by atoms with Gasteiger partial charge in [0, 0.05) is 44.0 Å². The van der Waals surface area contributed by atoms with E-state index < -0.39 is 4.92 Å². The van der Waals surface area contributed by atoms with Crippen LogP contribution in [0.15, 0.2) is 24.3 Å². The first kappa shape index (κ1) is 16.2. The van der Waals surface area contributed by atoms with Crippen LogP contribution >= 0.6 is 0 Å². The van der Waals surface area contributed by atoms with Crippen molar-refractivity contribution < 1.29 is 14.5 Å². The number of amides is 1. The summed E-state index contributed by atoms with van der Waals surface area (Å²) in [5, 5.41) is 16.5. The molecule has 1 aliphatic heterocycles. The zero-order valence-electron chi connectivity index (χ0n) is 12.3. The highest BCUT2D eigenvalue weighted by Gasteiger charge is 2.13. The second-order valence-corrected chi connectivity index (χ2v) is 4.97. The lowest BCUT2D eigenvalue weighted by atomic mass is 10.3. The average molecular weight is 308 g/mol. The Bertz CT molecular complexity index is 500. The molecule has 0 aliphatic carbocycles. The van der Waals surface area contributed by atoms with Gasteiger partial charge in [-0.25, -0.2) is 0 Å². The third-order valence-electron chi connectivity index (χ3n) is 3.33. The fraction of sp³-hybridized carbons (Fsp3) is 0.500. The van der Waals surface area contributed by atoms with Crippen molar-refractivity contribution in [2.45, 2.75) is 0 Å². The molecule has 0 atom stereocenters. The molecule has 0 radical (unpaired) electrons. The van der Waals surface area contributed by atoms with E-state index in [1.165, 1.54) is 12.1 Å². The number of non-ortho nitro benzene ring substituents is 1. The molecule has 1 saturated heterocycles. The number of nitro groups is 1. The van der Waals surface area contributed by atoms with Gasteiger partial charge in [0.1, 0.15) is 0 Å². The second kappa shape index (κ2) is 8.30. The molecule has 1 aromatic rings. The summed E-state index contributed by atoms with van der Waals surface area (Å²) < 4.78 is 5.23. The lowest BCUT2D eigenvalue weighted by Gasteiger charge is -2.25. The van der Waals surface area contributed by atoms with E-state index in [2.05, 4.69) is 15.5 Å². The van der Waals surface area contributed by atoms with Crippen molar-refractivity contribution in [2.24, 2.45) is 0 Å². The number of benzene rings is 1. The number of hydrogen-bond acceptors (Lipinski definition) is 6. The van der Waals surface area contributed by atoms with Crippen LogP contribution < -0.4 is 10.6 Å². The molecule has 120 valence electrons. The molecule has 0 aromatic heterocycles. The molecule has 0 bridgehead atoms. The standard InChI is InChI=1S/C14H20N4O4/c19-14(11-17-7-9-22-10-8-17)16-6-5-15-12-1-3-13(4-2-12)18(20)21/h1-4,15H,5-11H2,(H,16,19). The number of anilines is 1. The third kappa shape index (κ3) is 5.30. The summed E-state index contributed by atoms with van der Waals surface area (Å²) in [6.07, 6.45) is 0. The molecule has 0 spiro atoms. The van der Waals surface area contributed by atoms with E-state index in [1.54, 1.807) is 12.1 Å². The Labute approximate surface area is 128 Å². The maximum Gasteiger partial charge on any atom is 0.269 e. The quantitative estimate of drug-likeness (QED) is 0.431. The Morgan fingerprint density at radius 1 is 1.23 bits per heavy atom. The molecular weight excluding hydrogens is 288 g/mol. The first-order valence-corrected chi connectivity index (χ1v) is 7.20. The molecule has 0 unspecified atom stereocenters. The first-order valence-electron chi connectivity index (χ1n) is 7.20. The molecular formula is C14H20N4O4. The van der Waals surface area contributed by atoms with Gasteiger partial charge in [0.2, 0.25) is 5.91 Å². The predicted molar refractivity (Wildman–Crippen MR) is 81.9 cm³/mol. The highest BCUT2D eigenvalue weighted by atomic mass is 16.6. The lowest BCUT2D eigenvalue weighted by molar-refractivity contribution is -0.384. The van der Waals surface area contributed by atoms with Gasteiger partial charge in [0.25, 0.3) is 5.69 Å². The number of morpholine rings is 1. The fourth-order valence-corrected chi connectivity index (χ4v) is 2.13. The Morgan fingerprint density at radius 3 is 2.55 bits per heavy atom. The summed E-state index contributed by atoms with van der Waals surface area (Å²) in [4.78, 5) is 23.9. The van der Waals surface area contributed by atoms with Gasteiger partial charge in [0.15, 0.2) is 0 Å². The van der Waals surface area contributed by atoms with Crippen LogP contribution in [0, 0.1) is 10.1 Å². The van der Waals surface area contributed by atoms with Gasteiger partial charge in [0.05, 0.1) is 24.7 Å². The van der Waals surface area contributed by atoms with E-state index in [9.17, 15) is 14.9 Å². The van der Waals surface area contributed by atoms with E-state index in [-0.39, 0.29) is 11.6 Å². The summed E-state index contributed by atoms with van der Waals surface area (Å²) in [7, 11) is 0. The zero-order chi connectivity index (χ0) is 15.8. The topological polar surface area (TPSA) is 96.7 Å². The number of nitrogens with one attached hydrogen (secondary N) is 2. The van der Waals surface area contributed by atoms with Gasteiger partial charge in [-0.05, 0) is 12.1 Å². The number of ether oxygens (including phenoxy) is 1. The maximum atomic E-state index is 11.7. The van der Waals surface area contributed by atoms with Crippen molar-refractivity contribution in [3.05, 3.63) is 34.4 Å². The third-order valence-corrected chi connectivity index (χ3v) is 3.33. The fourth-order valence-electron chi connectivity index (χ4n) is 2.13. The second-order valence-electron chi connectivity index (χ2n) is 4.97. The van der Waals surface area contributed by atoms with Crippen molar-refractivity contribution in [2.75, 3.05) is 51.3 Å². The Balaban J connectivity index is 1.61. The van der Waals surface area contributed by atoms with Gasteiger partial charge in [-0.15, -0.1) is 0 Å². The molecule has 22 heavy (non-hydrogen) atoms. The summed E-state index contributed by atoms with van der Waals surface area (Å²) in [6, 6.07) is 6.18. The van der Waals surface area contributed by atoms with Crippen molar-refractivity contribution >= 4 is 17.3 Å². The largest absolute Gasteiger partial charge is 0.383 e. The van der Waals surface area contributed by atoms with E-state index >= 15 is 0 Å². The molecule has 1 amide bonds. The molecule has 0 saturated carbocycles. The van der Waals surface area contributed by atoms with Gasteiger partial charge >= 0.3 is 0 Å². The molecule has 8 heteroatoms. The SMILES string of the molecule is O=C(CN1CCOCC1)NCCNc1ccc([N+](=O)[O-])cc1. The van der Waals surface area contributed by atoms with Crippen LogP contribution in [-0.4, -0.2) is 61.7 Å². The minimum atomic E-state index is -0.435. The van der Waals surface area contributed by atoms with Crippen molar-refractivity contribution in [3.8, 4) is 0 Å².